The van der Waals surface area contributed by atoms with E-state index in [1.165, 1.54) is 18.7 Å². The number of rotatable bonds is 42. The maximum atomic E-state index is 15.9. The molecule has 8 amide bonds. The zero-order valence-electron chi connectivity index (χ0n) is 73.0. The molecule has 662 valence electrons. The largest absolute Gasteiger partial charge is 0.487 e. The number of aromatic nitrogens is 1. The lowest BCUT2D eigenvalue weighted by molar-refractivity contribution is -0.142. The summed E-state index contributed by atoms with van der Waals surface area (Å²) in [6.45, 7) is 16.5. The Labute approximate surface area is 736 Å². The van der Waals surface area contributed by atoms with Crippen LogP contribution in [0.1, 0.15) is 155 Å². The minimum Gasteiger partial charge on any atom is -0.487 e. The van der Waals surface area contributed by atoms with Gasteiger partial charge in [0.1, 0.15) is 53.1 Å². The van der Waals surface area contributed by atoms with Crippen LogP contribution in [0.5, 0.6) is 5.75 Å². The Kier molecular flexibility index (Phi) is 33.0. The molecule has 2 heterocycles. The van der Waals surface area contributed by atoms with Gasteiger partial charge >= 0.3 is 5.97 Å². The van der Waals surface area contributed by atoms with Gasteiger partial charge in [-0.3, -0.25) is 48.6 Å². The summed E-state index contributed by atoms with van der Waals surface area (Å²) in [5.41, 5.74) is 4.14. The second kappa shape index (κ2) is 43.4. The Balaban J connectivity index is 0.939. The fourth-order valence-corrected chi connectivity index (χ4v) is 18.2. The van der Waals surface area contributed by atoms with E-state index in [1.807, 2.05) is 233 Å². The average molecular weight is 1740 g/mol. The second-order valence-electron chi connectivity index (χ2n) is 33.1. The number of esters is 1. The van der Waals surface area contributed by atoms with Crippen molar-refractivity contribution in [3.63, 3.8) is 0 Å². The molecule has 1 aliphatic heterocycles. The minimum absolute atomic E-state index is 0.0125. The molecule has 0 radical (unpaired) electrons. The number of fused-ring (bicyclic) bond motifs is 2. The molecule has 8 aromatic carbocycles. The number of carbonyl (C=O) groups is 9. The van der Waals surface area contributed by atoms with E-state index in [1.54, 1.807) is 47.7 Å². The van der Waals surface area contributed by atoms with E-state index < -0.39 is 140 Å². The van der Waals surface area contributed by atoms with Crippen LogP contribution in [0, 0.1) is 26.2 Å². The Morgan fingerprint density at radius 3 is 1.51 bits per heavy atom. The van der Waals surface area contributed by atoms with E-state index in [0.29, 0.717) is 57.5 Å². The molecular formula is C96H117N13O14S2. The fourth-order valence-electron chi connectivity index (χ4n) is 16.1. The molecule has 0 spiro atoms. The van der Waals surface area contributed by atoms with Gasteiger partial charge < -0.3 is 72.4 Å². The number of benzene rings is 8. The number of hydrogen-bond donors (Lipinski definition) is 13. The van der Waals surface area contributed by atoms with Crippen molar-refractivity contribution in [3.8, 4) is 5.75 Å². The molecule has 13 N–H and O–H groups in total. The smallest absolute Gasteiger partial charge is 0.325 e. The zero-order chi connectivity index (χ0) is 90.2. The van der Waals surface area contributed by atoms with Crippen molar-refractivity contribution in [2.75, 3.05) is 38.8 Å². The van der Waals surface area contributed by atoms with Crippen molar-refractivity contribution < 1.29 is 65.8 Å². The molecule has 9 aromatic rings. The van der Waals surface area contributed by atoms with Gasteiger partial charge in [0.05, 0.1) is 29.8 Å². The maximum absolute atomic E-state index is 15.9. The highest BCUT2D eigenvalue weighted by atomic mass is 32.2. The quantitative estimate of drug-likeness (QED) is 0.00556. The third kappa shape index (κ3) is 24.9. The summed E-state index contributed by atoms with van der Waals surface area (Å²) < 4.78 is 48.1. The third-order valence-electron chi connectivity index (χ3n) is 22.2. The molecule has 29 heteroatoms. The van der Waals surface area contributed by atoms with E-state index in [2.05, 4.69) is 62.9 Å². The van der Waals surface area contributed by atoms with Gasteiger partial charge in [-0.1, -0.05) is 200 Å². The number of carbonyl (C=O) groups excluding carboxylic acids is 9. The molecule has 27 nitrogen and oxygen atoms in total. The molecule has 0 aliphatic carbocycles. The van der Waals surface area contributed by atoms with Crippen molar-refractivity contribution in [1.29, 1.82) is 5.41 Å². The number of aromatic amines is 1. The predicted molar refractivity (Wildman–Crippen MR) is 485 cm³/mol. The van der Waals surface area contributed by atoms with E-state index in [0.717, 1.165) is 46.1 Å². The van der Waals surface area contributed by atoms with Gasteiger partial charge in [0.2, 0.25) is 53.2 Å². The van der Waals surface area contributed by atoms with Gasteiger partial charge in [0.15, 0.2) is 0 Å². The Morgan fingerprint density at radius 2 is 1.02 bits per heavy atom. The number of sulfonamides is 1. The topological polar surface area (TPSA) is 387 Å². The molecule has 125 heavy (non-hydrogen) atoms. The van der Waals surface area contributed by atoms with Crippen molar-refractivity contribution in [2.24, 2.45) is 0 Å². The standard InChI is InChI=1S/C96H117N13O14S2/c1-61-62(2)86(63(3)75-57-94(9,10)123-85(61)75)125(119,120)109-92(97)98-54-33-48-78(102-65(5)110)89(116)103-73(53-55-124-12)59-100-77(49-51-81(111)107-95(67-34-19-13-20-35-67,68-36-21-14-22-37-68)69-38-23-15-24-39-69)88(115)106-84(64(4)122-93(6,7)8)91(118)105-80(56-66-58-99-76-47-32-31-46-74(66)76)90(117)104-79(87(114)101-60-83(113)121-11)50-52-82(112)108-96(70-40-25-16-26-41-70,71-42-27-17-28-43-71)72-44-29-18-30-45-72/h13-32,34-47,58,64,73,77-80,84,99-100H,33,48-57,59-60H2,1-12H3,(H,101,114)(H,102,110)(H,103,116)(H,104,117)(H,105,118)(H,106,115)(H,107,111)(H,108,112)(H3,97,98,109)/t64-,73+,77+,78-,79+,80+,84+/m1/s1. The van der Waals surface area contributed by atoms with Gasteiger partial charge in [-0.05, 0) is 168 Å². The van der Waals surface area contributed by atoms with Crippen LogP contribution < -0.4 is 62.6 Å². The molecule has 0 fully saturated rings. The van der Waals surface area contributed by atoms with Gasteiger partial charge in [-0.25, -0.2) is 13.1 Å². The lowest BCUT2D eigenvalue weighted by atomic mass is 9.77. The molecule has 1 aromatic heterocycles. The molecular weight excluding hydrogens is 1620 g/mol. The van der Waals surface area contributed by atoms with Crippen LogP contribution in [0.25, 0.3) is 10.9 Å². The number of methoxy groups -OCH3 is 1. The first kappa shape index (κ1) is 95.1. The summed E-state index contributed by atoms with van der Waals surface area (Å²) in [6, 6.07) is 56.0. The first-order valence-electron chi connectivity index (χ1n) is 42.1. The highest BCUT2D eigenvalue weighted by molar-refractivity contribution is 7.98. The molecule has 0 saturated carbocycles. The number of nitrogens with one attached hydrogen (secondary N) is 13. The van der Waals surface area contributed by atoms with Crippen molar-refractivity contribution in [2.45, 2.75) is 197 Å². The Morgan fingerprint density at radius 1 is 0.560 bits per heavy atom. The van der Waals surface area contributed by atoms with Crippen LogP contribution in [0.4, 0.5) is 0 Å². The summed E-state index contributed by atoms with van der Waals surface area (Å²) in [5, 5.41) is 39.4. The Hall–Kier alpha value is -12.2. The lowest BCUT2D eigenvalue weighted by Gasteiger charge is -2.37. The number of H-pyrrole nitrogens is 1. The number of para-hydroxylation sites is 1. The summed E-state index contributed by atoms with van der Waals surface area (Å²) in [6.07, 6.45) is 2.00. The Bertz CT molecular complexity index is 5160. The molecule has 0 saturated heterocycles. The summed E-state index contributed by atoms with van der Waals surface area (Å²) in [7, 11) is -3.13. The molecule has 7 atom stereocenters. The lowest BCUT2D eigenvalue weighted by Crippen LogP contribution is -2.62. The van der Waals surface area contributed by atoms with Crippen LogP contribution in [0.2, 0.25) is 0 Å². The highest BCUT2D eigenvalue weighted by Gasteiger charge is 2.43. The maximum Gasteiger partial charge on any atom is 0.325 e. The van der Waals surface area contributed by atoms with Crippen LogP contribution in [0.15, 0.2) is 217 Å². The van der Waals surface area contributed by atoms with Crippen molar-refractivity contribution in [1.82, 2.24) is 62.9 Å². The van der Waals surface area contributed by atoms with Crippen LogP contribution >= 0.6 is 11.8 Å². The number of thioether (sulfide) groups is 1. The van der Waals surface area contributed by atoms with Crippen LogP contribution in [0.3, 0.4) is 0 Å². The molecule has 10 rings (SSSR count). The normalized spacial score (nSPS) is 14.2. The molecule has 0 bridgehead atoms. The number of hydrogen-bond acceptors (Lipinski definition) is 17. The zero-order valence-corrected chi connectivity index (χ0v) is 74.6. The SMILES string of the molecule is COC(=O)CNC(=O)[C@H](CCC(=O)NC(c1ccccc1)(c1ccccc1)c1ccccc1)NC(=O)[C@H](Cc1c[nH]c2ccccc12)NC(=O)[C@@H](NC(=O)[C@H](CCC(=O)NC(c1ccccc1)(c1ccccc1)c1ccccc1)NC[C@H](CCSC)NC(=O)[C@@H](CCCNC(=N)NS(=O)(=O)c1c(C)c(C)c2c(c1C)CC(C)(C)O2)NC(C)=O)[C@@H](C)OC(C)(C)C. The van der Waals surface area contributed by atoms with E-state index in [4.69, 9.17) is 19.6 Å². The first-order chi connectivity index (χ1) is 59.7. The van der Waals surface area contributed by atoms with Gasteiger partial charge in [-0.2, -0.15) is 11.8 Å². The van der Waals surface area contributed by atoms with Gasteiger partial charge in [0.25, 0.3) is 10.0 Å². The van der Waals surface area contributed by atoms with E-state index in [9.17, 15) is 32.4 Å². The third-order valence-corrected chi connectivity index (χ3v) is 24.5. The van der Waals surface area contributed by atoms with Gasteiger partial charge in [-0.15, -0.1) is 0 Å². The number of amides is 8. The predicted octanol–water partition coefficient (Wildman–Crippen LogP) is 10.1. The highest BCUT2D eigenvalue weighted by Crippen LogP contribution is 2.45. The van der Waals surface area contributed by atoms with E-state index >= 15 is 19.2 Å². The van der Waals surface area contributed by atoms with E-state index in [-0.39, 0.29) is 62.9 Å². The monoisotopic (exact) mass is 1740 g/mol. The summed E-state index contributed by atoms with van der Waals surface area (Å²) in [5.74, 6) is -5.69. The van der Waals surface area contributed by atoms with Gasteiger partial charge in [0, 0.05) is 74.4 Å². The minimum atomic E-state index is -4.28. The first-order valence-corrected chi connectivity index (χ1v) is 44.9. The average Bonchev–Trinajstić information content (AvgIpc) is 1.44. The molecule has 0 unspecified atom stereocenters. The number of guanidine groups is 1. The second-order valence-corrected chi connectivity index (χ2v) is 35.7. The van der Waals surface area contributed by atoms with Crippen molar-refractivity contribution >= 4 is 91.9 Å². The van der Waals surface area contributed by atoms with Crippen LogP contribution in [-0.4, -0.2) is 165 Å². The molecule has 1 aliphatic rings. The van der Waals surface area contributed by atoms with Crippen molar-refractivity contribution in [3.05, 3.63) is 274 Å². The fraction of sp³-hybridized carbons (Fsp3) is 0.375. The summed E-state index contributed by atoms with van der Waals surface area (Å²) >= 11 is 1.49. The number of ether oxygens (including phenoxy) is 3. The van der Waals surface area contributed by atoms with Crippen LogP contribution in [-0.2, 0) is 86.6 Å². The summed E-state index contributed by atoms with van der Waals surface area (Å²) in [4.78, 5) is 136.